The summed E-state index contributed by atoms with van der Waals surface area (Å²) >= 11 is 0. The summed E-state index contributed by atoms with van der Waals surface area (Å²) < 4.78 is 69.0. The molecule has 1 saturated heterocycles. The Labute approximate surface area is 197 Å². The van der Waals surface area contributed by atoms with E-state index in [1.165, 1.54) is 24.3 Å². The summed E-state index contributed by atoms with van der Waals surface area (Å²) in [6.07, 6.45) is 3.69. The van der Waals surface area contributed by atoms with E-state index in [2.05, 4.69) is 16.5 Å². The number of nitrogens with zero attached hydrogens (tertiary/aromatic N) is 1. The van der Waals surface area contributed by atoms with E-state index >= 15 is 0 Å². The lowest BCUT2D eigenvalue weighted by Crippen LogP contribution is -2.45. The van der Waals surface area contributed by atoms with Crippen LogP contribution in [0.15, 0.2) is 57.2 Å². The zero-order valence-corrected chi connectivity index (χ0v) is 21.1. The first kappa shape index (κ1) is 25.8. The molecular weight excluding hydrogens is 463 g/mol. The van der Waals surface area contributed by atoms with Crippen LogP contribution >= 0.6 is 0 Å². The molecule has 0 amide bonds. The number of sulfone groups is 1. The molecule has 1 heterocycles. The van der Waals surface area contributed by atoms with E-state index in [9.17, 15) is 21.2 Å². The van der Waals surface area contributed by atoms with Gasteiger partial charge in [0.25, 0.3) is 0 Å². The zero-order valence-electron chi connectivity index (χ0n) is 19.4. The van der Waals surface area contributed by atoms with Gasteiger partial charge < -0.3 is 4.90 Å². The maximum absolute atomic E-state index is 13.4. The normalized spacial score (nSPS) is 16.4. The van der Waals surface area contributed by atoms with Crippen molar-refractivity contribution in [1.29, 1.82) is 0 Å². The van der Waals surface area contributed by atoms with Gasteiger partial charge in [-0.2, -0.15) is 0 Å². The van der Waals surface area contributed by atoms with Crippen molar-refractivity contribution in [2.45, 2.75) is 73.1 Å². The molecular formula is C24H33FN2O4S2. The number of hydrogen-bond donors (Lipinski definition) is 1. The van der Waals surface area contributed by atoms with Crippen molar-refractivity contribution < 1.29 is 21.2 Å². The third-order valence-corrected chi connectivity index (χ3v) is 9.41. The van der Waals surface area contributed by atoms with Crippen LogP contribution in [0.3, 0.4) is 0 Å². The average Bonchev–Trinajstić information content (AvgIpc) is 2.78. The Morgan fingerprint density at radius 1 is 1.00 bits per heavy atom. The summed E-state index contributed by atoms with van der Waals surface area (Å²) in [5, 5.41) is 0. The number of benzene rings is 2. The molecule has 3 rings (SSSR count). The summed E-state index contributed by atoms with van der Waals surface area (Å²) in [5.74, 6) is -0.660. The average molecular weight is 497 g/mol. The number of nitrogens with one attached hydrogen (secondary N) is 1. The second kappa shape index (κ2) is 10.6. The Bertz CT molecular complexity index is 1160. The minimum atomic E-state index is -4.00. The van der Waals surface area contributed by atoms with Gasteiger partial charge in [-0.25, -0.2) is 25.9 Å². The molecule has 2 aromatic carbocycles. The van der Waals surface area contributed by atoms with E-state index in [0.717, 1.165) is 44.6 Å². The fourth-order valence-electron chi connectivity index (χ4n) is 4.08. The summed E-state index contributed by atoms with van der Waals surface area (Å²) in [4.78, 5) is 2.11. The smallest absolute Gasteiger partial charge is 0.241 e. The Balaban J connectivity index is 1.88. The Morgan fingerprint density at radius 3 is 2.18 bits per heavy atom. The van der Waals surface area contributed by atoms with Gasteiger partial charge in [0.05, 0.1) is 14.7 Å². The molecule has 0 radical (unpaired) electrons. The van der Waals surface area contributed by atoms with Crippen molar-refractivity contribution in [3.05, 3.63) is 53.8 Å². The minimum absolute atomic E-state index is 0.0194. The first-order valence-corrected chi connectivity index (χ1v) is 14.4. The number of unbranched alkanes of at least 4 members (excludes halogenated alkanes) is 1. The molecule has 1 aliphatic heterocycles. The highest BCUT2D eigenvalue weighted by Gasteiger charge is 2.29. The number of likely N-dealkylation sites (tertiary alicyclic amines) is 1. The molecule has 0 atom stereocenters. The molecule has 0 spiro atoms. The fourth-order valence-corrected chi connectivity index (χ4v) is 7.14. The molecule has 182 valence electrons. The second-order valence-corrected chi connectivity index (χ2v) is 12.5. The van der Waals surface area contributed by atoms with E-state index in [1.807, 2.05) is 13.8 Å². The molecule has 0 aromatic heterocycles. The predicted octanol–water partition coefficient (Wildman–Crippen LogP) is 4.32. The molecule has 6 nitrogen and oxygen atoms in total. The Hall–Kier alpha value is -1.81. The molecule has 0 aliphatic carbocycles. The lowest BCUT2D eigenvalue weighted by Gasteiger charge is -2.32. The maximum Gasteiger partial charge on any atom is 0.241 e. The maximum atomic E-state index is 13.4. The molecule has 0 saturated carbocycles. The number of piperidine rings is 1. The monoisotopic (exact) mass is 496 g/mol. The van der Waals surface area contributed by atoms with E-state index in [0.29, 0.717) is 18.4 Å². The molecule has 1 fully saturated rings. The van der Waals surface area contributed by atoms with Gasteiger partial charge in [-0.15, -0.1) is 0 Å². The van der Waals surface area contributed by atoms with Crippen LogP contribution in [0.25, 0.3) is 0 Å². The van der Waals surface area contributed by atoms with Gasteiger partial charge in [0, 0.05) is 6.04 Å². The van der Waals surface area contributed by atoms with Crippen LogP contribution in [-0.4, -0.2) is 47.4 Å². The first-order chi connectivity index (χ1) is 15.5. The molecule has 0 unspecified atom stereocenters. The van der Waals surface area contributed by atoms with Crippen molar-refractivity contribution in [1.82, 2.24) is 9.62 Å². The molecule has 33 heavy (non-hydrogen) atoms. The van der Waals surface area contributed by atoms with Crippen LogP contribution in [0, 0.1) is 5.82 Å². The lowest BCUT2D eigenvalue weighted by atomic mass is 10.0. The second-order valence-electron chi connectivity index (χ2n) is 8.90. The van der Waals surface area contributed by atoms with E-state index in [1.54, 1.807) is 6.07 Å². The number of rotatable bonds is 9. The predicted molar refractivity (Wildman–Crippen MR) is 127 cm³/mol. The van der Waals surface area contributed by atoms with Crippen molar-refractivity contribution >= 4 is 19.9 Å². The Morgan fingerprint density at radius 2 is 1.61 bits per heavy atom. The van der Waals surface area contributed by atoms with Crippen molar-refractivity contribution in [2.24, 2.45) is 0 Å². The van der Waals surface area contributed by atoms with Crippen LogP contribution in [0.5, 0.6) is 0 Å². The zero-order chi connectivity index (χ0) is 24.2. The van der Waals surface area contributed by atoms with Gasteiger partial charge in [0.2, 0.25) is 19.9 Å². The standard InChI is InChI=1S/C24H33FN2O4S2/c1-4-5-14-27-15-12-20(13-16-27)26-33(30,31)24-17-22(10-11-23(24)18(2)3)32(28,29)21-8-6-19(25)7-9-21/h6-11,17-18,20,26H,4-5,12-16H2,1-3H3. The van der Waals surface area contributed by atoms with Crippen LogP contribution < -0.4 is 4.72 Å². The topological polar surface area (TPSA) is 83.6 Å². The first-order valence-electron chi connectivity index (χ1n) is 11.4. The number of halogens is 1. The van der Waals surface area contributed by atoms with Crippen molar-refractivity contribution in [3.8, 4) is 0 Å². The summed E-state index contributed by atoms with van der Waals surface area (Å²) in [5.41, 5.74) is 0.556. The van der Waals surface area contributed by atoms with Gasteiger partial charge in [0.15, 0.2) is 0 Å². The van der Waals surface area contributed by atoms with E-state index in [4.69, 9.17) is 0 Å². The van der Waals surface area contributed by atoms with E-state index in [-0.39, 0.29) is 26.6 Å². The van der Waals surface area contributed by atoms with Crippen molar-refractivity contribution in [3.63, 3.8) is 0 Å². The molecule has 1 N–H and O–H groups in total. The van der Waals surface area contributed by atoms with Crippen LogP contribution in [0.2, 0.25) is 0 Å². The van der Waals surface area contributed by atoms with Crippen LogP contribution in [0.4, 0.5) is 4.39 Å². The third-order valence-electron chi connectivity index (χ3n) is 6.07. The highest BCUT2D eigenvalue weighted by Crippen LogP contribution is 2.30. The van der Waals surface area contributed by atoms with E-state index < -0.39 is 25.7 Å². The van der Waals surface area contributed by atoms with Crippen molar-refractivity contribution in [2.75, 3.05) is 19.6 Å². The fraction of sp³-hybridized carbons (Fsp3) is 0.500. The largest absolute Gasteiger partial charge is 0.303 e. The summed E-state index contributed by atoms with van der Waals surface area (Å²) in [7, 11) is -7.93. The molecule has 0 bridgehead atoms. The highest BCUT2D eigenvalue weighted by atomic mass is 32.2. The summed E-state index contributed by atoms with van der Waals surface area (Å²) in [6, 6.07) is 8.52. The van der Waals surface area contributed by atoms with Gasteiger partial charge in [-0.3, -0.25) is 0 Å². The van der Waals surface area contributed by atoms with Gasteiger partial charge in [0.1, 0.15) is 5.82 Å². The van der Waals surface area contributed by atoms with Crippen LogP contribution in [-0.2, 0) is 19.9 Å². The lowest BCUT2D eigenvalue weighted by molar-refractivity contribution is 0.205. The van der Waals surface area contributed by atoms with Gasteiger partial charge in [-0.05, 0) is 86.8 Å². The quantitative estimate of drug-likeness (QED) is 0.523. The number of sulfonamides is 1. The highest BCUT2D eigenvalue weighted by molar-refractivity contribution is 7.91. The molecule has 1 aliphatic rings. The number of hydrogen-bond acceptors (Lipinski definition) is 5. The van der Waals surface area contributed by atoms with Gasteiger partial charge in [-0.1, -0.05) is 33.3 Å². The minimum Gasteiger partial charge on any atom is -0.303 e. The SMILES string of the molecule is CCCCN1CCC(NS(=O)(=O)c2cc(S(=O)(=O)c3ccc(F)cc3)ccc2C(C)C)CC1. The molecule has 9 heteroatoms. The third kappa shape index (κ3) is 6.20. The summed E-state index contributed by atoms with van der Waals surface area (Å²) in [6.45, 7) is 8.59. The Kier molecular flexibility index (Phi) is 8.31. The van der Waals surface area contributed by atoms with Crippen LogP contribution in [0.1, 0.15) is 57.9 Å². The van der Waals surface area contributed by atoms with Gasteiger partial charge >= 0.3 is 0 Å². The molecule has 2 aromatic rings.